The van der Waals surface area contributed by atoms with E-state index in [1.54, 1.807) is 0 Å². The van der Waals surface area contributed by atoms with E-state index in [0.717, 1.165) is 38.6 Å². The van der Waals surface area contributed by atoms with Crippen molar-refractivity contribution >= 4 is 0 Å². The molecule has 0 saturated carbocycles. The van der Waals surface area contributed by atoms with Gasteiger partial charge in [0.25, 0.3) is 0 Å². The van der Waals surface area contributed by atoms with E-state index in [2.05, 4.69) is 37.7 Å². The third-order valence-electron chi connectivity index (χ3n) is 5.96. The quantitative estimate of drug-likeness (QED) is 0.550. The van der Waals surface area contributed by atoms with Gasteiger partial charge in [-0.3, -0.25) is 0 Å². The smallest absolute Gasteiger partial charge is 0.0701 e. The summed E-state index contributed by atoms with van der Waals surface area (Å²) >= 11 is 0. The Labute approximate surface area is 198 Å². The summed E-state index contributed by atoms with van der Waals surface area (Å²) < 4.78 is 28.1. The van der Waals surface area contributed by atoms with E-state index >= 15 is 0 Å². The van der Waals surface area contributed by atoms with Gasteiger partial charge in [0.1, 0.15) is 0 Å². The topological polar surface area (TPSA) is 52.6 Å². The molecular weight excluding hydrogens is 408 g/mol. The lowest BCUT2D eigenvalue weighted by molar-refractivity contribution is -0.0137. The van der Waals surface area contributed by atoms with Crippen LogP contribution in [0.1, 0.15) is 46.0 Å². The molecule has 1 heterocycles. The van der Waals surface area contributed by atoms with Crippen molar-refractivity contribution in [3.63, 3.8) is 0 Å². The summed E-state index contributed by atoms with van der Waals surface area (Å²) in [5, 5.41) is 0. The van der Waals surface area contributed by atoms with Crippen LogP contribution < -0.4 is 0 Å². The molecule has 1 fully saturated rings. The largest absolute Gasteiger partial charge is 0.379 e. The molecule has 1 aliphatic rings. The van der Waals surface area contributed by atoms with E-state index in [9.17, 15) is 0 Å². The lowest BCUT2D eigenvalue weighted by Gasteiger charge is -2.22. The number of hydrogen-bond acceptors (Lipinski definition) is 7. The molecule has 0 aromatic rings. The highest BCUT2D eigenvalue weighted by atomic mass is 16.6. The minimum Gasteiger partial charge on any atom is -0.379 e. The van der Waals surface area contributed by atoms with Gasteiger partial charge in [0.2, 0.25) is 0 Å². The second-order valence-electron chi connectivity index (χ2n) is 9.41. The van der Waals surface area contributed by atoms with E-state index in [1.807, 2.05) is 0 Å². The standard InChI is InChI=1S/C25H52N2O5/c1-24-7-5-14-28-15-16-29-17-18-30-19-20-31-21-22-32-23-25(2)9-13-27(4)11-6-10-26(3)12-8-24/h24-25H,5-23H2,1-4H3. The molecule has 32 heavy (non-hydrogen) atoms. The first-order valence-electron chi connectivity index (χ1n) is 12.8. The van der Waals surface area contributed by atoms with Crippen molar-refractivity contribution in [3.8, 4) is 0 Å². The molecule has 0 amide bonds. The van der Waals surface area contributed by atoms with Crippen molar-refractivity contribution in [2.45, 2.75) is 46.0 Å². The molecule has 0 bridgehead atoms. The molecule has 2 unspecified atom stereocenters. The monoisotopic (exact) mass is 460 g/mol. The Balaban J connectivity index is 2.25. The van der Waals surface area contributed by atoms with Crippen LogP contribution >= 0.6 is 0 Å². The molecule has 7 nitrogen and oxygen atoms in total. The third-order valence-corrected chi connectivity index (χ3v) is 5.96. The molecule has 192 valence electrons. The van der Waals surface area contributed by atoms with Crippen LogP contribution in [0, 0.1) is 11.8 Å². The van der Waals surface area contributed by atoms with Crippen molar-refractivity contribution in [3.05, 3.63) is 0 Å². The Morgan fingerprint density at radius 3 is 1.44 bits per heavy atom. The van der Waals surface area contributed by atoms with Gasteiger partial charge in [-0.25, -0.2) is 0 Å². The molecule has 1 aliphatic heterocycles. The number of ether oxygens (including phenoxy) is 5. The van der Waals surface area contributed by atoms with Gasteiger partial charge < -0.3 is 33.5 Å². The Bertz CT molecular complexity index is 369. The first kappa shape index (κ1) is 29.8. The lowest BCUT2D eigenvalue weighted by atomic mass is 10.0. The summed E-state index contributed by atoms with van der Waals surface area (Å²) in [6.07, 6.45) is 6.02. The van der Waals surface area contributed by atoms with Gasteiger partial charge in [0.05, 0.1) is 52.9 Å². The average molecular weight is 461 g/mol. The van der Waals surface area contributed by atoms with Gasteiger partial charge in [-0.1, -0.05) is 13.8 Å². The summed E-state index contributed by atoms with van der Waals surface area (Å²) in [5.74, 6) is 1.32. The van der Waals surface area contributed by atoms with Crippen LogP contribution in [0.3, 0.4) is 0 Å². The summed E-state index contributed by atoms with van der Waals surface area (Å²) in [6, 6.07) is 0. The Morgan fingerprint density at radius 2 is 0.906 bits per heavy atom. The summed E-state index contributed by atoms with van der Waals surface area (Å²) in [5.41, 5.74) is 0. The van der Waals surface area contributed by atoms with Crippen molar-refractivity contribution in [1.82, 2.24) is 9.80 Å². The highest BCUT2D eigenvalue weighted by molar-refractivity contribution is 4.61. The van der Waals surface area contributed by atoms with Gasteiger partial charge in [-0.05, 0) is 84.2 Å². The van der Waals surface area contributed by atoms with E-state index in [-0.39, 0.29) is 0 Å². The van der Waals surface area contributed by atoms with E-state index < -0.39 is 0 Å². The van der Waals surface area contributed by atoms with Gasteiger partial charge in [-0.15, -0.1) is 0 Å². The third kappa shape index (κ3) is 19.2. The molecule has 0 radical (unpaired) electrons. The van der Waals surface area contributed by atoms with Crippen LogP contribution in [0.25, 0.3) is 0 Å². The number of hydrogen-bond donors (Lipinski definition) is 0. The Morgan fingerprint density at radius 1 is 0.469 bits per heavy atom. The zero-order valence-corrected chi connectivity index (χ0v) is 21.5. The minimum absolute atomic E-state index is 0.571. The molecule has 1 saturated heterocycles. The van der Waals surface area contributed by atoms with E-state index in [1.165, 1.54) is 38.8 Å². The fourth-order valence-electron chi connectivity index (χ4n) is 3.64. The Kier molecular flexibility index (Phi) is 19.8. The molecule has 7 heteroatoms. The van der Waals surface area contributed by atoms with Crippen LogP contribution in [0.15, 0.2) is 0 Å². The van der Waals surface area contributed by atoms with Gasteiger partial charge in [-0.2, -0.15) is 0 Å². The zero-order valence-electron chi connectivity index (χ0n) is 21.5. The van der Waals surface area contributed by atoms with Crippen molar-refractivity contribution in [1.29, 1.82) is 0 Å². The SMILES string of the molecule is CC1CCCOCCOCCOCCOCCOCC(C)CCN(C)CCCN(C)CC1. The number of nitrogens with zero attached hydrogens (tertiary/aromatic N) is 2. The van der Waals surface area contributed by atoms with Crippen molar-refractivity contribution in [2.75, 3.05) is 106 Å². The van der Waals surface area contributed by atoms with Crippen LogP contribution in [-0.4, -0.2) is 116 Å². The minimum atomic E-state index is 0.571. The second-order valence-corrected chi connectivity index (χ2v) is 9.41. The predicted molar refractivity (Wildman–Crippen MR) is 131 cm³/mol. The lowest BCUT2D eigenvalue weighted by Crippen LogP contribution is -2.28. The summed E-state index contributed by atoms with van der Waals surface area (Å²) in [4.78, 5) is 4.94. The maximum Gasteiger partial charge on any atom is 0.0701 e. The number of rotatable bonds is 0. The normalized spacial score (nSPS) is 28.5. The molecule has 0 aliphatic carbocycles. The molecule has 0 aromatic carbocycles. The maximum absolute atomic E-state index is 5.76. The molecule has 2 atom stereocenters. The summed E-state index contributed by atoms with van der Waals surface area (Å²) in [6.45, 7) is 15.8. The maximum atomic E-state index is 5.76. The molecule has 1 rings (SSSR count). The Hall–Kier alpha value is -0.280. The molecular formula is C25H52N2O5. The van der Waals surface area contributed by atoms with Gasteiger partial charge in [0, 0.05) is 13.2 Å². The first-order chi connectivity index (χ1) is 15.6. The van der Waals surface area contributed by atoms with Crippen molar-refractivity contribution in [2.24, 2.45) is 11.8 Å². The van der Waals surface area contributed by atoms with Crippen LogP contribution in [-0.2, 0) is 23.7 Å². The van der Waals surface area contributed by atoms with Gasteiger partial charge >= 0.3 is 0 Å². The van der Waals surface area contributed by atoms with Crippen LogP contribution in [0.5, 0.6) is 0 Å². The molecule has 0 aromatic heterocycles. The average Bonchev–Trinajstić information content (AvgIpc) is 2.77. The fourth-order valence-corrected chi connectivity index (χ4v) is 3.64. The first-order valence-corrected chi connectivity index (χ1v) is 12.8. The highest BCUT2D eigenvalue weighted by Gasteiger charge is 2.08. The van der Waals surface area contributed by atoms with E-state index in [4.69, 9.17) is 23.7 Å². The highest BCUT2D eigenvalue weighted by Crippen LogP contribution is 2.11. The van der Waals surface area contributed by atoms with E-state index in [0.29, 0.717) is 58.8 Å². The van der Waals surface area contributed by atoms with Gasteiger partial charge in [0.15, 0.2) is 0 Å². The second kappa shape index (κ2) is 21.3. The van der Waals surface area contributed by atoms with Crippen molar-refractivity contribution < 1.29 is 23.7 Å². The van der Waals surface area contributed by atoms with Crippen LogP contribution in [0.2, 0.25) is 0 Å². The molecule has 0 N–H and O–H groups in total. The molecule has 0 spiro atoms. The summed E-state index contributed by atoms with van der Waals surface area (Å²) in [7, 11) is 4.49. The predicted octanol–water partition coefficient (Wildman–Crippen LogP) is 3.17. The zero-order chi connectivity index (χ0) is 23.3. The van der Waals surface area contributed by atoms with Crippen LogP contribution in [0.4, 0.5) is 0 Å². The fraction of sp³-hybridized carbons (Fsp3) is 1.00.